The molecule has 1 aromatic heterocycles. The Morgan fingerprint density at radius 3 is 2.96 bits per heavy atom. The van der Waals surface area contributed by atoms with E-state index in [0.29, 0.717) is 24.7 Å². The van der Waals surface area contributed by atoms with Crippen LogP contribution in [-0.4, -0.2) is 55.5 Å². The highest BCUT2D eigenvalue weighted by Gasteiger charge is 2.26. The zero-order valence-electron chi connectivity index (χ0n) is 14.5. The van der Waals surface area contributed by atoms with Crippen LogP contribution >= 0.6 is 0 Å². The third-order valence-electron chi connectivity index (χ3n) is 4.56. The lowest BCUT2D eigenvalue weighted by Gasteiger charge is -2.26. The summed E-state index contributed by atoms with van der Waals surface area (Å²) in [5.74, 6) is 1.81. The maximum atomic E-state index is 12.1. The number of rotatable bonds is 5. The third kappa shape index (κ3) is 3.66. The molecule has 0 bridgehead atoms. The van der Waals surface area contributed by atoms with Crippen molar-refractivity contribution < 1.29 is 18.8 Å². The molecular formula is C18H22N4O4. The molecule has 1 aromatic carbocycles. The first-order valence-electron chi connectivity index (χ1n) is 8.87. The van der Waals surface area contributed by atoms with Crippen molar-refractivity contribution in [3.05, 3.63) is 29.8 Å². The number of nitrogens with zero attached hydrogens (tertiary/aromatic N) is 2. The minimum absolute atomic E-state index is 0.290. The predicted molar refractivity (Wildman–Crippen MR) is 95.2 cm³/mol. The summed E-state index contributed by atoms with van der Waals surface area (Å²) in [6.07, 6.45) is 0.890. The van der Waals surface area contributed by atoms with Gasteiger partial charge >= 0.3 is 6.03 Å². The molecule has 2 N–H and O–H groups in total. The summed E-state index contributed by atoms with van der Waals surface area (Å²) in [5, 5.41) is 9.60. The van der Waals surface area contributed by atoms with Crippen molar-refractivity contribution in [1.82, 2.24) is 15.4 Å². The number of aromatic nitrogens is 1. The van der Waals surface area contributed by atoms with Crippen molar-refractivity contribution in [2.24, 2.45) is 0 Å². The van der Waals surface area contributed by atoms with E-state index in [9.17, 15) is 4.79 Å². The van der Waals surface area contributed by atoms with Crippen LogP contribution in [0, 0.1) is 0 Å². The summed E-state index contributed by atoms with van der Waals surface area (Å²) in [5.41, 5.74) is 1.60. The number of hydrogen-bond donors (Lipinski definition) is 2. The Labute approximate surface area is 151 Å². The standard InChI is InChI=1S/C18H22N4O4/c23-18(19-6-3-7-22-8-10-24-11-9-22)20-17-14-12-25-15-5-2-1-4-13(15)16(14)26-21-17/h1-2,4-5H,3,6-12H2,(H2,19,20,21,23). The summed E-state index contributed by atoms with van der Waals surface area (Å²) >= 11 is 0. The summed E-state index contributed by atoms with van der Waals surface area (Å²) in [7, 11) is 0. The van der Waals surface area contributed by atoms with Crippen molar-refractivity contribution in [2.45, 2.75) is 13.0 Å². The Balaban J connectivity index is 1.28. The average molecular weight is 358 g/mol. The molecule has 0 unspecified atom stereocenters. The maximum absolute atomic E-state index is 12.1. The molecule has 0 atom stereocenters. The number of para-hydroxylation sites is 1. The van der Waals surface area contributed by atoms with Crippen LogP contribution in [-0.2, 0) is 11.3 Å². The van der Waals surface area contributed by atoms with E-state index >= 15 is 0 Å². The van der Waals surface area contributed by atoms with E-state index in [4.69, 9.17) is 14.0 Å². The molecule has 8 heteroatoms. The number of benzene rings is 1. The topological polar surface area (TPSA) is 88.9 Å². The largest absolute Gasteiger partial charge is 0.488 e. The number of fused-ring (bicyclic) bond motifs is 3. The van der Waals surface area contributed by atoms with Crippen LogP contribution in [0.25, 0.3) is 11.3 Å². The Morgan fingerprint density at radius 2 is 2.08 bits per heavy atom. The van der Waals surface area contributed by atoms with E-state index in [1.807, 2.05) is 24.3 Å². The first-order valence-corrected chi connectivity index (χ1v) is 8.87. The fourth-order valence-electron chi connectivity index (χ4n) is 3.16. The lowest BCUT2D eigenvalue weighted by Crippen LogP contribution is -2.38. The van der Waals surface area contributed by atoms with Gasteiger partial charge in [-0.1, -0.05) is 17.3 Å². The molecular weight excluding hydrogens is 336 g/mol. The highest BCUT2D eigenvalue weighted by molar-refractivity contribution is 5.90. The van der Waals surface area contributed by atoms with Gasteiger partial charge in [-0.25, -0.2) is 4.79 Å². The van der Waals surface area contributed by atoms with Crippen molar-refractivity contribution in [3.8, 4) is 17.1 Å². The minimum atomic E-state index is -0.290. The molecule has 1 saturated heterocycles. The third-order valence-corrected chi connectivity index (χ3v) is 4.56. The van der Waals surface area contributed by atoms with E-state index in [1.165, 1.54) is 0 Å². The molecule has 2 amide bonds. The number of nitrogens with one attached hydrogen (secondary N) is 2. The van der Waals surface area contributed by atoms with Crippen LogP contribution in [0.5, 0.6) is 5.75 Å². The van der Waals surface area contributed by atoms with Gasteiger partial charge in [-0.05, 0) is 25.1 Å². The molecule has 0 spiro atoms. The number of carbonyl (C=O) groups excluding carboxylic acids is 1. The molecule has 138 valence electrons. The number of ether oxygens (including phenoxy) is 2. The van der Waals surface area contributed by atoms with Gasteiger partial charge in [-0.2, -0.15) is 0 Å². The van der Waals surface area contributed by atoms with Crippen LogP contribution in [0.3, 0.4) is 0 Å². The SMILES string of the molecule is O=C(NCCCN1CCOCC1)Nc1noc2c1COc1ccccc1-2. The zero-order valence-corrected chi connectivity index (χ0v) is 14.5. The van der Waals surface area contributed by atoms with E-state index in [2.05, 4.69) is 20.7 Å². The minimum Gasteiger partial charge on any atom is -0.488 e. The van der Waals surface area contributed by atoms with Crippen molar-refractivity contribution in [3.63, 3.8) is 0 Å². The molecule has 2 aromatic rings. The normalized spacial score (nSPS) is 16.3. The highest BCUT2D eigenvalue weighted by Crippen LogP contribution is 2.39. The number of urea groups is 1. The van der Waals surface area contributed by atoms with E-state index in [1.54, 1.807) is 0 Å². The number of morpholine rings is 1. The van der Waals surface area contributed by atoms with Gasteiger partial charge in [0.1, 0.15) is 12.4 Å². The first-order chi connectivity index (χ1) is 12.8. The Bertz CT molecular complexity index is 770. The van der Waals surface area contributed by atoms with Crippen LogP contribution < -0.4 is 15.4 Å². The smallest absolute Gasteiger partial charge is 0.320 e. The molecule has 26 heavy (non-hydrogen) atoms. The molecule has 2 aliphatic heterocycles. The number of carbonyl (C=O) groups is 1. The molecule has 2 aliphatic rings. The zero-order chi connectivity index (χ0) is 17.8. The lowest BCUT2D eigenvalue weighted by molar-refractivity contribution is 0.0375. The second-order valence-electron chi connectivity index (χ2n) is 6.31. The second-order valence-corrected chi connectivity index (χ2v) is 6.31. The van der Waals surface area contributed by atoms with Crippen molar-refractivity contribution >= 4 is 11.8 Å². The van der Waals surface area contributed by atoms with Gasteiger partial charge in [0.05, 0.1) is 24.3 Å². The monoisotopic (exact) mass is 358 g/mol. The average Bonchev–Trinajstić information content (AvgIpc) is 3.09. The van der Waals surface area contributed by atoms with Crippen LogP contribution in [0.4, 0.5) is 10.6 Å². The Morgan fingerprint density at radius 1 is 1.23 bits per heavy atom. The molecule has 0 saturated carbocycles. The summed E-state index contributed by atoms with van der Waals surface area (Å²) in [6.45, 7) is 5.36. The van der Waals surface area contributed by atoms with Gasteiger partial charge in [-0.15, -0.1) is 0 Å². The fourth-order valence-corrected chi connectivity index (χ4v) is 3.16. The summed E-state index contributed by atoms with van der Waals surface area (Å²) in [4.78, 5) is 14.5. The quantitative estimate of drug-likeness (QED) is 0.796. The molecule has 8 nitrogen and oxygen atoms in total. The second kappa shape index (κ2) is 7.76. The fraction of sp³-hybridized carbons (Fsp3) is 0.444. The molecule has 1 fully saturated rings. The first kappa shape index (κ1) is 16.9. The van der Waals surface area contributed by atoms with E-state index in [-0.39, 0.29) is 6.03 Å². The van der Waals surface area contributed by atoms with Gasteiger partial charge in [0.15, 0.2) is 11.6 Å². The Kier molecular flexibility index (Phi) is 5.03. The van der Waals surface area contributed by atoms with Gasteiger partial charge < -0.3 is 19.3 Å². The van der Waals surface area contributed by atoms with Gasteiger partial charge in [0, 0.05) is 19.6 Å². The molecule has 3 heterocycles. The lowest BCUT2D eigenvalue weighted by atomic mass is 10.1. The Hall–Kier alpha value is -2.58. The van der Waals surface area contributed by atoms with Crippen LogP contribution in [0.2, 0.25) is 0 Å². The molecule has 0 radical (unpaired) electrons. The molecule has 0 aliphatic carbocycles. The number of amides is 2. The van der Waals surface area contributed by atoms with E-state index in [0.717, 1.165) is 56.1 Å². The number of hydrogen-bond acceptors (Lipinski definition) is 6. The van der Waals surface area contributed by atoms with Gasteiger partial charge in [0.2, 0.25) is 0 Å². The van der Waals surface area contributed by atoms with Gasteiger partial charge in [0.25, 0.3) is 0 Å². The van der Waals surface area contributed by atoms with E-state index < -0.39 is 0 Å². The van der Waals surface area contributed by atoms with Crippen LogP contribution in [0.1, 0.15) is 12.0 Å². The van der Waals surface area contributed by atoms with Crippen molar-refractivity contribution in [2.75, 3.05) is 44.7 Å². The van der Waals surface area contributed by atoms with Crippen molar-refractivity contribution in [1.29, 1.82) is 0 Å². The van der Waals surface area contributed by atoms with Gasteiger partial charge in [-0.3, -0.25) is 10.2 Å². The maximum Gasteiger partial charge on any atom is 0.320 e. The molecule has 4 rings (SSSR count). The number of anilines is 1. The highest BCUT2D eigenvalue weighted by atomic mass is 16.5. The predicted octanol–water partition coefficient (Wildman–Crippen LogP) is 2.08. The summed E-state index contributed by atoms with van der Waals surface area (Å²) in [6, 6.07) is 7.32. The summed E-state index contributed by atoms with van der Waals surface area (Å²) < 4.78 is 16.5. The van der Waals surface area contributed by atoms with Crippen LogP contribution in [0.15, 0.2) is 28.8 Å².